The highest BCUT2D eigenvalue weighted by Crippen LogP contribution is 2.29. The summed E-state index contributed by atoms with van der Waals surface area (Å²) in [6.07, 6.45) is 5.68. The minimum Gasteiger partial charge on any atom is -0.493 e. The molecule has 0 amide bonds. The lowest BCUT2D eigenvalue weighted by molar-refractivity contribution is -0.152. The molecule has 0 saturated heterocycles. The van der Waals surface area contributed by atoms with Crippen molar-refractivity contribution in [3.63, 3.8) is 0 Å². The van der Waals surface area contributed by atoms with Gasteiger partial charge in [-0.3, -0.25) is 0 Å². The van der Waals surface area contributed by atoms with E-state index in [1.165, 1.54) is 5.56 Å². The number of hydrogen-bond acceptors (Lipinski definition) is 5. The number of aliphatic carboxylic acids is 1. The van der Waals surface area contributed by atoms with E-state index in [9.17, 15) is 9.90 Å². The molecule has 0 atom stereocenters. The Hall–Kier alpha value is -4.06. The van der Waals surface area contributed by atoms with Crippen LogP contribution >= 0.6 is 0 Å². The summed E-state index contributed by atoms with van der Waals surface area (Å²) in [6.45, 7) is 5.47. The average Bonchev–Trinajstić information content (AvgIpc) is 3.30. The van der Waals surface area contributed by atoms with Crippen LogP contribution in [0, 0.1) is 6.92 Å². The monoisotopic (exact) mass is 527 g/mol. The third kappa shape index (κ3) is 7.96. The van der Waals surface area contributed by atoms with Crippen LogP contribution in [0.4, 0.5) is 0 Å². The van der Waals surface area contributed by atoms with E-state index < -0.39 is 11.6 Å². The molecule has 0 spiro atoms. The van der Waals surface area contributed by atoms with E-state index in [2.05, 4.69) is 29.2 Å². The van der Waals surface area contributed by atoms with Crippen molar-refractivity contribution in [2.24, 2.45) is 0 Å². The van der Waals surface area contributed by atoms with Gasteiger partial charge in [-0.2, -0.15) is 0 Å². The number of rotatable bonds is 14. The molecule has 6 heteroatoms. The first-order valence-corrected chi connectivity index (χ1v) is 13.6. The molecule has 1 N–H and O–H groups in total. The van der Waals surface area contributed by atoms with Gasteiger partial charge >= 0.3 is 5.97 Å². The summed E-state index contributed by atoms with van der Waals surface area (Å²) in [5.74, 6) is 1.69. The first-order chi connectivity index (χ1) is 18.8. The molecule has 0 fully saturated rings. The zero-order chi connectivity index (χ0) is 27.7. The van der Waals surface area contributed by atoms with Gasteiger partial charge < -0.3 is 19.0 Å². The highest BCUT2D eigenvalue weighted by Gasteiger charge is 2.29. The van der Waals surface area contributed by atoms with Gasteiger partial charge in [-0.25, -0.2) is 9.78 Å². The van der Waals surface area contributed by atoms with Crippen LogP contribution < -0.4 is 9.47 Å². The Kier molecular flexibility index (Phi) is 9.42. The number of hydrogen-bond donors (Lipinski definition) is 1. The van der Waals surface area contributed by atoms with Crippen LogP contribution in [0.3, 0.4) is 0 Å². The molecule has 1 aromatic heterocycles. The molecule has 0 saturated carbocycles. The molecule has 0 aliphatic carbocycles. The van der Waals surface area contributed by atoms with E-state index in [4.69, 9.17) is 13.9 Å². The van der Waals surface area contributed by atoms with Gasteiger partial charge in [0.2, 0.25) is 5.89 Å². The number of carbonyl (C=O) groups is 1. The fourth-order valence-corrected chi connectivity index (χ4v) is 4.38. The molecule has 39 heavy (non-hydrogen) atoms. The maximum absolute atomic E-state index is 11.6. The van der Waals surface area contributed by atoms with Crippen LogP contribution in [0.15, 0.2) is 83.3 Å². The van der Waals surface area contributed by atoms with Crippen molar-refractivity contribution < 1.29 is 23.8 Å². The molecule has 0 aliphatic heterocycles. The number of carboxylic acid groups (broad SMARTS) is 1. The highest BCUT2D eigenvalue weighted by atomic mass is 16.5. The Bertz CT molecular complexity index is 1350. The van der Waals surface area contributed by atoms with E-state index in [1.54, 1.807) is 19.9 Å². The molecule has 6 nitrogen and oxygen atoms in total. The molecule has 1 heterocycles. The summed E-state index contributed by atoms with van der Waals surface area (Å²) in [7, 11) is 0. The SMILES string of the molecule is Cc1oc(-c2ccccc2)nc1CCOc1ccc(OC(C)(C)C(=O)O)cc1CCCCCc1ccccc1. The summed E-state index contributed by atoms with van der Waals surface area (Å²) >= 11 is 0. The zero-order valence-electron chi connectivity index (χ0n) is 23.0. The van der Waals surface area contributed by atoms with Crippen molar-refractivity contribution in [3.8, 4) is 23.0 Å². The minimum atomic E-state index is -1.32. The molecule has 204 valence electrons. The lowest BCUT2D eigenvalue weighted by Gasteiger charge is -2.22. The standard InChI is InChI=1S/C33H37NO5/c1-24-29(34-31(38-24)26-16-10-6-11-17-26)21-22-37-30-20-19-28(39-33(2,3)32(35)36)23-27(30)18-12-5-9-15-25-13-7-4-8-14-25/h4,6-8,10-11,13-14,16-17,19-20,23H,5,9,12,15,18,21-22H2,1-3H3,(H,35,36). The predicted octanol–water partition coefficient (Wildman–Crippen LogP) is 7.47. The predicted molar refractivity (Wildman–Crippen MR) is 152 cm³/mol. The quantitative estimate of drug-likeness (QED) is 0.171. The molecule has 0 bridgehead atoms. The summed E-state index contributed by atoms with van der Waals surface area (Å²) in [4.78, 5) is 16.2. The van der Waals surface area contributed by atoms with E-state index in [1.807, 2.05) is 55.5 Å². The normalized spacial score (nSPS) is 11.4. The zero-order valence-corrected chi connectivity index (χ0v) is 23.0. The molecular weight excluding hydrogens is 490 g/mol. The van der Waals surface area contributed by atoms with Crippen molar-refractivity contribution in [3.05, 3.63) is 101 Å². The third-order valence-electron chi connectivity index (χ3n) is 6.68. The Balaban J connectivity index is 1.39. The first-order valence-electron chi connectivity index (χ1n) is 13.6. The molecule has 3 aromatic carbocycles. The number of aryl methyl sites for hydroxylation is 3. The second kappa shape index (κ2) is 13.1. The Morgan fingerprint density at radius 3 is 2.31 bits per heavy atom. The fraction of sp³-hybridized carbons (Fsp3) is 0.333. The van der Waals surface area contributed by atoms with E-state index in [0.29, 0.717) is 24.7 Å². The molecule has 0 aliphatic rings. The van der Waals surface area contributed by atoms with Crippen LogP contribution in [-0.4, -0.2) is 28.3 Å². The van der Waals surface area contributed by atoms with Crippen LogP contribution in [0.2, 0.25) is 0 Å². The van der Waals surface area contributed by atoms with Gasteiger partial charge in [0.1, 0.15) is 17.3 Å². The Labute approximate surface area is 230 Å². The van der Waals surface area contributed by atoms with E-state index >= 15 is 0 Å². The first kappa shape index (κ1) is 28.0. The topological polar surface area (TPSA) is 81.8 Å². The highest BCUT2D eigenvalue weighted by molar-refractivity contribution is 5.76. The third-order valence-corrected chi connectivity index (χ3v) is 6.68. The molecule has 0 unspecified atom stereocenters. The van der Waals surface area contributed by atoms with E-state index in [0.717, 1.165) is 60.4 Å². The van der Waals surface area contributed by atoms with Crippen molar-refractivity contribution in [2.45, 2.75) is 64.9 Å². The summed E-state index contributed by atoms with van der Waals surface area (Å²) in [5.41, 5.74) is 2.86. The van der Waals surface area contributed by atoms with Gasteiger partial charge in [0.25, 0.3) is 0 Å². The van der Waals surface area contributed by atoms with Gasteiger partial charge in [0.15, 0.2) is 5.60 Å². The van der Waals surface area contributed by atoms with Gasteiger partial charge in [0, 0.05) is 12.0 Å². The molecular formula is C33H37NO5. The van der Waals surface area contributed by atoms with E-state index in [-0.39, 0.29) is 0 Å². The summed E-state index contributed by atoms with van der Waals surface area (Å²) < 4.78 is 17.9. The van der Waals surface area contributed by atoms with Gasteiger partial charge in [-0.05, 0) is 87.9 Å². The van der Waals surface area contributed by atoms with Crippen molar-refractivity contribution in [2.75, 3.05) is 6.61 Å². The molecule has 4 aromatic rings. The maximum Gasteiger partial charge on any atom is 0.347 e. The van der Waals surface area contributed by atoms with Gasteiger partial charge in [-0.15, -0.1) is 0 Å². The summed E-state index contributed by atoms with van der Waals surface area (Å²) in [5, 5.41) is 9.48. The van der Waals surface area contributed by atoms with Crippen molar-refractivity contribution in [1.82, 2.24) is 4.98 Å². The Morgan fingerprint density at radius 1 is 0.897 bits per heavy atom. The molecule has 0 radical (unpaired) electrons. The van der Waals surface area contributed by atoms with Crippen LogP contribution in [0.25, 0.3) is 11.5 Å². The van der Waals surface area contributed by atoms with Crippen molar-refractivity contribution >= 4 is 5.97 Å². The van der Waals surface area contributed by atoms with Crippen LogP contribution in [0.5, 0.6) is 11.5 Å². The number of carboxylic acids is 1. The fourth-order valence-electron chi connectivity index (χ4n) is 4.38. The average molecular weight is 528 g/mol. The van der Waals surface area contributed by atoms with Crippen molar-refractivity contribution in [1.29, 1.82) is 0 Å². The second-order valence-electron chi connectivity index (χ2n) is 10.2. The van der Waals surface area contributed by atoms with Crippen LogP contribution in [-0.2, 0) is 24.1 Å². The number of nitrogens with zero attached hydrogens (tertiary/aromatic N) is 1. The van der Waals surface area contributed by atoms with Gasteiger partial charge in [0.05, 0.1) is 12.3 Å². The number of unbranched alkanes of at least 4 members (excludes halogenated alkanes) is 2. The largest absolute Gasteiger partial charge is 0.493 e. The smallest absolute Gasteiger partial charge is 0.347 e. The number of aromatic nitrogens is 1. The maximum atomic E-state index is 11.6. The number of benzene rings is 3. The van der Waals surface area contributed by atoms with Crippen LogP contribution in [0.1, 0.15) is 55.7 Å². The minimum absolute atomic E-state index is 0.448. The lowest BCUT2D eigenvalue weighted by Crippen LogP contribution is -2.37. The number of oxazole rings is 1. The van der Waals surface area contributed by atoms with Gasteiger partial charge in [-0.1, -0.05) is 55.0 Å². The summed E-state index contributed by atoms with van der Waals surface area (Å²) in [6, 6.07) is 25.9. The second-order valence-corrected chi connectivity index (χ2v) is 10.2. The molecule has 4 rings (SSSR count). The lowest BCUT2D eigenvalue weighted by atomic mass is 10.0. The Morgan fingerprint density at radius 2 is 1.59 bits per heavy atom. The number of ether oxygens (including phenoxy) is 2.